The second-order valence-electron chi connectivity index (χ2n) is 7.53. The highest BCUT2D eigenvalue weighted by Crippen LogP contribution is 2.22. The van der Waals surface area contributed by atoms with E-state index in [0.29, 0.717) is 39.3 Å². The van der Waals surface area contributed by atoms with Gasteiger partial charge in [0.05, 0.1) is 31.3 Å². The number of ether oxygens (including phenoxy) is 2. The van der Waals surface area contributed by atoms with E-state index in [1.165, 1.54) is 4.31 Å². The molecule has 0 aromatic heterocycles. The van der Waals surface area contributed by atoms with Gasteiger partial charge in [0.1, 0.15) is 6.23 Å². The lowest BCUT2D eigenvalue weighted by atomic mass is 10.2. The summed E-state index contributed by atoms with van der Waals surface area (Å²) >= 11 is 0. The Morgan fingerprint density at radius 2 is 1.71 bits per heavy atom. The Balaban J connectivity index is 1.50. The van der Waals surface area contributed by atoms with Crippen LogP contribution in [-0.2, 0) is 29.1 Å². The monoisotopic (exact) mass is 454 g/mol. The van der Waals surface area contributed by atoms with Crippen molar-refractivity contribution in [1.29, 1.82) is 0 Å². The molecule has 2 N–H and O–H groups in total. The molecule has 2 saturated heterocycles. The summed E-state index contributed by atoms with van der Waals surface area (Å²) in [5, 5.41) is 5.07. The molecule has 0 radical (unpaired) electrons. The molecule has 1 aromatic rings. The highest BCUT2D eigenvalue weighted by atomic mass is 32.2. The van der Waals surface area contributed by atoms with Crippen LogP contribution in [0.1, 0.15) is 12.0 Å². The minimum atomic E-state index is -3.78. The van der Waals surface area contributed by atoms with Gasteiger partial charge >= 0.3 is 11.8 Å². The third kappa shape index (κ3) is 6.47. The number of carbonyl (C=O) groups is 2. The molecule has 2 fully saturated rings. The van der Waals surface area contributed by atoms with Gasteiger partial charge in [0.2, 0.25) is 10.0 Å². The van der Waals surface area contributed by atoms with Gasteiger partial charge < -0.3 is 20.1 Å². The average molecular weight is 455 g/mol. The number of benzene rings is 1. The van der Waals surface area contributed by atoms with Crippen LogP contribution in [0.5, 0.6) is 0 Å². The fourth-order valence-electron chi connectivity index (χ4n) is 3.44. The van der Waals surface area contributed by atoms with Gasteiger partial charge in [-0.15, -0.1) is 0 Å². The van der Waals surface area contributed by atoms with Crippen molar-refractivity contribution in [3.8, 4) is 0 Å². The quantitative estimate of drug-likeness (QED) is 0.523. The molecule has 0 spiro atoms. The number of morpholine rings is 1. The maximum Gasteiger partial charge on any atom is 0.309 e. The molecule has 0 saturated carbocycles. The Labute approximate surface area is 182 Å². The lowest BCUT2D eigenvalue weighted by molar-refractivity contribution is -0.140. The molecule has 172 valence electrons. The van der Waals surface area contributed by atoms with Crippen molar-refractivity contribution in [2.45, 2.75) is 24.5 Å². The molecule has 2 aliphatic rings. The van der Waals surface area contributed by atoms with Crippen molar-refractivity contribution >= 4 is 21.8 Å². The van der Waals surface area contributed by atoms with Crippen LogP contribution < -0.4 is 10.6 Å². The summed E-state index contributed by atoms with van der Waals surface area (Å²) in [6.07, 6.45) is -0.317. The van der Waals surface area contributed by atoms with Crippen LogP contribution in [0.4, 0.5) is 0 Å². The van der Waals surface area contributed by atoms with Crippen LogP contribution in [0.3, 0.4) is 0 Å². The third-order valence-corrected chi connectivity index (χ3v) is 7.15. The van der Waals surface area contributed by atoms with E-state index in [1.54, 1.807) is 24.3 Å². The molecule has 31 heavy (non-hydrogen) atoms. The summed E-state index contributed by atoms with van der Waals surface area (Å²) in [5.41, 5.74) is 0.956. The van der Waals surface area contributed by atoms with Crippen molar-refractivity contribution < 1.29 is 27.5 Å². The molecular weight excluding hydrogens is 424 g/mol. The van der Waals surface area contributed by atoms with Crippen molar-refractivity contribution in [1.82, 2.24) is 19.8 Å². The summed E-state index contributed by atoms with van der Waals surface area (Å²) in [4.78, 5) is 26.5. The van der Waals surface area contributed by atoms with Gasteiger partial charge in [-0.25, -0.2) is 8.42 Å². The van der Waals surface area contributed by atoms with Crippen molar-refractivity contribution in [3.63, 3.8) is 0 Å². The van der Waals surface area contributed by atoms with E-state index in [-0.39, 0.29) is 18.0 Å². The lowest BCUT2D eigenvalue weighted by Crippen LogP contribution is -2.53. The maximum absolute atomic E-state index is 13.0. The normalized spacial score (nSPS) is 20.9. The molecule has 1 atom stereocenters. The highest BCUT2D eigenvalue weighted by Gasteiger charge is 2.34. The molecule has 0 unspecified atom stereocenters. The molecule has 3 rings (SSSR count). The van der Waals surface area contributed by atoms with E-state index in [0.717, 1.165) is 18.7 Å². The van der Waals surface area contributed by atoms with E-state index >= 15 is 0 Å². The van der Waals surface area contributed by atoms with Crippen LogP contribution in [-0.4, -0.2) is 94.8 Å². The molecule has 10 nitrogen and oxygen atoms in total. The van der Waals surface area contributed by atoms with Gasteiger partial charge in [-0.3, -0.25) is 14.5 Å². The maximum atomic E-state index is 13.0. The van der Waals surface area contributed by atoms with Gasteiger partial charge in [-0.05, 0) is 25.5 Å². The molecule has 0 aliphatic carbocycles. The highest BCUT2D eigenvalue weighted by molar-refractivity contribution is 7.89. The molecule has 2 amide bonds. The van der Waals surface area contributed by atoms with Crippen LogP contribution in [0.15, 0.2) is 29.2 Å². The zero-order valence-electron chi connectivity index (χ0n) is 17.7. The Kier molecular flexibility index (Phi) is 8.38. The van der Waals surface area contributed by atoms with E-state index in [4.69, 9.17) is 9.47 Å². The van der Waals surface area contributed by atoms with Crippen LogP contribution in [0, 0.1) is 6.92 Å². The number of hydrogen-bond acceptors (Lipinski definition) is 7. The largest absolute Gasteiger partial charge is 0.379 e. The molecule has 2 heterocycles. The van der Waals surface area contributed by atoms with Gasteiger partial charge in [-0.2, -0.15) is 4.31 Å². The minimum Gasteiger partial charge on any atom is -0.379 e. The van der Waals surface area contributed by atoms with Crippen molar-refractivity contribution in [3.05, 3.63) is 29.8 Å². The first kappa shape index (κ1) is 23.6. The van der Waals surface area contributed by atoms with E-state index in [9.17, 15) is 18.0 Å². The van der Waals surface area contributed by atoms with Gasteiger partial charge in [0.15, 0.2) is 0 Å². The lowest BCUT2D eigenvalue weighted by Gasteiger charge is -2.34. The van der Waals surface area contributed by atoms with Crippen LogP contribution in [0.25, 0.3) is 0 Å². The number of amides is 2. The fourth-order valence-corrected chi connectivity index (χ4v) is 5.01. The first-order chi connectivity index (χ1) is 14.9. The minimum absolute atomic E-state index is 0.110. The van der Waals surface area contributed by atoms with E-state index < -0.39 is 28.1 Å². The Hall–Kier alpha value is -2.05. The van der Waals surface area contributed by atoms with E-state index in [2.05, 4.69) is 15.5 Å². The number of aryl methyl sites for hydroxylation is 1. The van der Waals surface area contributed by atoms with Gasteiger partial charge in [0, 0.05) is 32.7 Å². The number of carbonyl (C=O) groups excluding carboxylic acids is 2. The number of nitrogens with one attached hydrogen (secondary N) is 2. The molecule has 0 bridgehead atoms. The van der Waals surface area contributed by atoms with E-state index in [1.807, 2.05) is 6.92 Å². The van der Waals surface area contributed by atoms with Crippen LogP contribution in [0.2, 0.25) is 0 Å². The predicted molar refractivity (Wildman–Crippen MR) is 113 cm³/mol. The number of rotatable bonds is 7. The molecular formula is C20H30N4O6S. The third-order valence-electron chi connectivity index (χ3n) is 5.24. The van der Waals surface area contributed by atoms with Gasteiger partial charge in [-0.1, -0.05) is 17.7 Å². The summed E-state index contributed by atoms with van der Waals surface area (Å²) in [7, 11) is -3.78. The van der Waals surface area contributed by atoms with Crippen molar-refractivity contribution in [2.24, 2.45) is 0 Å². The van der Waals surface area contributed by atoms with Gasteiger partial charge in [0.25, 0.3) is 0 Å². The van der Waals surface area contributed by atoms with Crippen molar-refractivity contribution in [2.75, 3.05) is 59.1 Å². The standard InChI is InChI=1S/C20H30N4O6S/c1-16-3-5-17(6-4-16)31(27,28)24-8-2-12-30-18(24)15-22-20(26)19(25)21-7-9-23-10-13-29-14-11-23/h3-6,18H,2,7-15H2,1H3,(H,21,25)(H,22,26)/t18-/m1/s1. The summed E-state index contributed by atoms with van der Waals surface area (Å²) in [6, 6.07) is 6.57. The Bertz CT molecular complexity index is 855. The van der Waals surface area contributed by atoms with Crippen LogP contribution >= 0.6 is 0 Å². The summed E-state index contributed by atoms with van der Waals surface area (Å²) < 4.78 is 38.1. The number of hydrogen-bond donors (Lipinski definition) is 2. The average Bonchev–Trinajstić information content (AvgIpc) is 2.78. The zero-order valence-corrected chi connectivity index (χ0v) is 18.5. The SMILES string of the molecule is Cc1ccc(S(=O)(=O)N2CCCO[C@@H]2CNC(=O)C(=O)NCCN2CCOCC2)cc1. The molecule has 2 aliphatic heterocycles. The topological polar surface area (TPSA) is 117 Å². The zero-order chi connectivity index (χ0) is 22.3. The number of nitrogens with zero attached hydrogens (tertiary/aromatic N) is 2. The fraction of sp³-hybridized carbons (Fsp3) is 0.600. The summed E-state index contributed by atoms with van der Waals surface area (Å²) in [6.45, 7) is 6.34. The Morgan fingerprint density at radius 3 is 2.42 bits per heavy atom. The second-order valence-corrected chi connectivity index (χ2v) is 9.42. The Morgan fingerprint density at radius 1 is 1.03 bits per heavy atom. The first-order valence-electron chi connectivity index (χ1n) is 10.4. The smallest absolute Gasteiger partial charge is 0.309 e. The predicted octanol–water partition coefficient (Wildman–Crippen LogP) is -0.703. The second kappa shape index (κ2) is 11.0. The summed E-state index contributed by atoms with van der Waals surface area (Å²) in [5.74, 6) is -1.57. The molecule has 11 heteroatoms. The number of sulfonamides is 1. The molecule has 1 aromatic carbocycles. The first-order valence-corrected chi connectivity index (χ1v) is 11.9.